The highest BCUT2D eigenvalue weighted by Crippen LogP contribution is 2.25. The molecule has 1 heterocycles. The number of methoxy groups -OCH3 is 1. The van der Waals surface area contributed by atoms with Gasteiger partial charge in [0.15, 0.2) is 0 Å². The average Bonchev–Trinajstić information content (AvgIpc) is 2.76. The number of nitrogens with one attached hydrogen (secondary N) is 1. The van der Waals surface area contributed by atoms with Gasteiger partial charge in [-0.1, -0.05) is 0 Å². The maximum atomic E-state index is 11.9. The second kappa shape index (κ2) is 5.29. The summed E-state index contributed by atoms with van der Waals surface area (Å²) < 4.78 is 4.62. The SMILES string of the molecule is COC(=O)c1sccc1NC(=O)C(C)(C)CN. The molecule has 5 nitrogen and oxygen atoms in total. The first-order valence-electron chi connectivity index (χ1n) is 5.09. The molecule has 0 aliphatic carbocycles. The Morgan fingerprint density at radius 1 is 1.53 bits per heavy atom. The van der Waals surface area contributed by atoms with Crippen molar-refractivity contribution in [2.24, 2.45) is 11.1 Å². The molecule has 1 amide bonds. The summed E-state index contributed by atoms with van der Waals surface area (Å²) >= 11 is 1.22. The maximum absolute atomic E-state index is 11.9. The summed E-state index contributed by atoms with van der Waals surface area (Å²) in [6.45, 7) is 3.72. The summed E-state index contributed by atoms with van der Waals surface area (Å²) in [4.78, 5) is 23.7. The van der Waals surface area contributed by atoms with Gasteiger partial charge in [-0.3, -0.25) is 4.79 Å². The summed E-state index contributed by atoms with van der Waals surface area (Å²) in [5.74, 6) is -0.676. The Balaban J connectivity index is 2.86. The number of anilines is 1. The van der Waals surface area contributed by atoms with E-state index in [1.807, 2.05) is 0 Å². The van der Waals surface area contributed by atoms with Crippen molar-refractivity contribution in [3.63, 3.8) is 0 Å². The number of carbonyl (C=O) groups is 2. The van der Waals surface area contributed by atoms with E-state index in [4.69, 9.17) is 5.73 Å². The molecule has 1 rings (SSSR count). The van der Waals surface area contributed by atoms with Crippen LogP contribution in [-0.2, 0) is 9.53 Å². The molecule has 0 aliphatic rings. The van der Waals surface area contributed by atoms with E-state index in [0.717, 1.165) is 0 Å². The zero-order valence-corrected chi connectivity index (χ0v) is 10.9. The van der Waals surface area contributed by atoms with Gasteiger partial charge in [0.2, 0.25) is 5.91 Å². The lowest BCUT2D eigenvalue weighted by Gasteiger charge is -2.21. The minimum Gasteiger partial charge on any atom is -0.465 e. The zero-order valence-electron chi connectivity index (χ0n) is 10.1. The molecular formula is C11H16N2O3S. The van der Waals surface area contributed by atoms with Gasteiger partial charge in [0.25, 0.3) is 0 Å². The predicted octanol–water partition coefficient (Wildman–Crippen LogP) is 1.46. The van der Waals surface area contributed by atoms with Gasteiger partial charge in [-0.2, -0.15) is 0 Å². The molecule has 94 valence electrons. The van der Waals surface area contributed by atoms with Crippen LogP contribution in [0.15, 0.2) is 11.4 Å². The number of nitrogens with two attached hydrogens (primary N) is 1. The predicted molar refractivity (Wildman–Crippen MR) is 67.1 cm³/mol. The van der Waals surface area contributed by atoms with E-state index in [-0.39, 0.29) is 12.5 Å². The number of hydrogen-bond acceptors (Lipinski definition) is 5. The lowest BCUT2D eigenvalue weighted by molar-refractivity contribution is -0.123. The number of esters is 1. The van der Waals surface area contributed by atoms with Crippen LogP contribution in [0.3, 0.4) is 0 Å². The Kier molecular flexibility index (Phi) is 4.25. The van der Waals surface area contributed by atoms with Crippen molar-refractivity contribution in [2.45, 2.75) is 13.8 Å². The van der Waals surface area contributed by atoms with Gasteiger partial charge in [-0.15, -0.1) is 11.3 Å². The van der Waals surface area contributed by atoms with Crippen molar-refractivity contribution in [2.75, 3.05) is 19.0 Å². The molecule has 17 heavy (non-hydrogen) atoms. The lowest BCUT2D eigenvalue weighted by atomic mass is 9.92. The Bertz CT molecular complexity index is 426. The third-order valence-corrected chi connectivity index (χ3v) is 3.30. The summed E-state index contributed by atoms with van der Waals surface area (Å²) in [5, 5.41) is 4.41. The van der Waals surface area contributed by atoms with Crippen LogP contribution in [0.5, 0.6) is 0 Å². The van der Waals surface area contributed by atoms with Crippen LogP contribution >= 0.6 is 11.3 Å². The molecule has 0 spiro atoms. The van der Waals surface area contributed by atoms with E-state index < -0.39 is 11.4 Å². The molecule has 0 atom stereocenters. The van der Waals surface area contributed by atoms with E-state index in [2.05, 4.69) is 10.1 Å². The molecule has 0 bridgehead atoms. The van der Waals surface area contributed by atoms with E-state index in [1.165, 1.54) is 18.4 Å². The third-order valence-electron chi connectivity index (χ3n) is 2.41. The molecular weight excluding hydrogens is 240 g/mol. The van der Waals surface area contributed by atoms with Gasteiger partial charge >= 0.3 is 5.97 Å². The fraction of sp³-hybridized carbons (Fsp3) is 0.455. The van der Waals surface area contributed by atoms with Crippen molar-refractivity contribution >= 4 is 28.9 Å². The fourth-order valence-electron chi connectivity index (χ4n) is 1.04. The summed E-state index contributed by atoms with van der Waals surface area (Å²) in [5.41, 5.74) is 5.31. The highest BCUT2D eigenvalue weighted by molar-refractivity contribution is 7.12. The molecule has 0 saturated heterocycles. The molecule has 3 N–H and O–H groups in total. The molecule has 1 aromatic heterocycles. The molecule has 0 radical (unpaired) electrons. The van der Waals surface area contributed by atoms with Gasteiger partial charge in [-0.05, 0) is 25.3 Å². The quantitative estimate of drug-likeness (QED) is 0.799. The van der Waals surface area contributed by atoms with Crippen LogP contribution in [0, 0.1) is 5.41 Å². The first-order chi connectivity index (χ1) is 7.92. The Morgan fingerprint density at radius 2 is 2.18 bits per heavy atom. The number of thiophene rings is 1. The van der Waals surface area contributed by atoms with Crippen molar-refractivity contribution in [1.82, 2.24) is 0 Å². The van der Waals surface area contributed by atoms with Gasteiger partial charge in [0, 0.05) is 6.54 Å². The van der Waals surface area contributed by atoms with Gasteiger partial charge in [0.05, 0.1) is 18.2 Å². The van der Waals surface area contributed by atoms with Crippen LogP contribution < -0.4 is 11.1 Å². The van der Waals surface area contributed by atoms with Crippen LogP contribution in [0.2, 0.25) is 0 Å². The summed E-state index contributed by atoms with van der Waals surface area (Å²) in [6.07, 6.45) is 0. The first kappa shape index (κ1) is 13.7. The van der Waals surface area contributed by atoms with Crippen LogP contribution in [-0.4, -0.2) is 25.5 Å². The van der Waals surface area contributed by atoms with Gasteiger partial charge < -0.3 is 15.8 Å². The minimum absolute atomic E-state index is 0.219. The molecule has 1 aromatic rings. The average molecular weight is 256 g/mol. The van der Waals surface area contributed by atoms with Gasteiger partial charge in [-0.25, -0.2) is 4.79 Å². The van der Waals surface area contributed by atoms with E-state index in [0.29, 0.717) is 10.6 Å². The Hall–Kier alpha value is -1.40. The fourth-order valence-corrected chi connectivity index (χ4v) is 1.81. The van der Waals surface area contributed by atoms with Crippen LogP contribution in [0.4, 0.5) is 5.69 Å². The summed E-state index contributed by atoms with van der Waals surface area (Å²) in [6, 6.07) is 1.67. The standard InChI is InChI=1S/C11H16N2O3S/c1-11(2,6-12)10(15)13-7-4-5-17-8(7)9(14)16-3/h4-5H,6,12H2,1-3H3,(H,13,15). The molecule has 6 heteroatoms. The number of carbonyl (C=O) groups excluding carboxylic acids is 2. The molecule has 0 aromatic carbocycles. The molecule has 0 fully saturated rings. The minimum atomic E-state index is -0.671. The number of amides is 1. The number of ether oxygens (including phenoxy) is 1. The smallest absolute Gasteiger partial charge is 0.350 e. The van der Waals surface area contributed by atoms with Crippen molar-refractivity contribution in [3.05, 3.63) is 16.3 Å². The first-order valence-corrected chi connectivity index (χ1v) is 5.97. The second-order valence-corrected chi connectivity index (χ2v) is 5.11. The topological polar surface area (TPSA) is 81.4 Å². The zero-order chi connectivity index (χ0) is 13.1. The third kappa shape index (κ3) is 3.04. The molecule has 0 aliphatic heterocycles. The molecule has 0 saturated carbocycles. The highest BCUT2D eigenvalue weighted by atomic mass is 32.1. The largest absolute Gasteiger partial charge is 0.465 e. The van der Waals surface area contributed by atoms with Crippen molar-refractivity contribution in [3.8, 4) is 0 Å². The number of hydrogen-bond donors (Lipinski definition) is 2. The van der Waals surface area contributed by atoms with Crippen molar-refractivity contribution in [1.29, 1.82) is 0 Å². The number of rotatable bonds is 4. The Morgan fingerprint density at radius 3 is 2.71 bits per heavy atom. The monoisotopic (exact) mass is 256 g/mol. The van der Waals surface area contributed by atoms with E-state index in [1.54, 1.807) is 25.3 Å². The van der Waals surface area contributed by atoms with Crippen molar-refractivity contribution < 1.29 is 14.3 Å². The van der Waals surface area contributed by atoms with Crippen LogP contribution in [0.25, 0.3) is 0 Å². The second-order valence-electron chi connectivity index (χ2n) is 4.20. The highest BCUT2D eigenvalue weighted by Gasteiger charge is 2.27. The van der Waals surface area contributed by atoms with Gasteiger partial charge in [0.1, 0.15) is 4.88 Å². The van der Waals surface area contributed by atoms with E-state index >= 15 is 0 Å². The normalized spacial score (nSPS) is 11.1. The lowest BCUT2D eigenvalue weighted by Crippen LogP contribution is -2.37. The maximum Gasteiger partial charge on any atom is 0.350 e. The summed E-state index contributed by atoms with van der Waals surface area (Å²) in [7, 11) is 1.30. The van der Waals surface area contributed by atoms with E-state index in [9.17, 15) is 9.59 Å². The molecule has 0 unspecified atom stereocenters. The van der Waals surface area contributed by atoms with Crippen LogP contribution in [0.1, 0.15) is 23.5 Å². The Labute approximate surface area is 104 Å².